The van der Waals surface area contributed by atoms with Crippen LogP contribution in [0.4, 0.5) is 21.6 Å². The summed E-state index contributed by atoms with van der Waals surface area (Å²) in [5.74, 6) is -0.390. The number of aromatic nitrogens is 2. The lowest BCUT2D eigenvalue weighted by atomic mass is 10.2. The van der Waals surface area contributed by atoms with E-state index in [1.54, 1.807) is 24.0 Å². The summed E-state index contributed by atoms with van der Waals surface area (Å²) in [4.78, 5) is 24.5. The molecule has 9 nitrogen and oxygen atoms in total. The fourth-order valence-electron chi connectivity index (χ4n) is 3.74. The smallest absolute Gasteiger partial charge is 0.263 e. The highest BCUT2D eigenvalue weighted by Gasteiger charge is 2.25. The Morgan fingerprint density at radius 2 is 1.83 bits per heavy atom. The zero-order chi connectivity index (χ0) is 25.0. The second-order valence-electron chi connectivity index (χ2n) is 8.00. The zero-order valence-corrected chi connectivity index (χ0v) is 20.4. The lowest BCUT2D eigenvalue weighted by Crippen LogP contribution is -2.52. The van der Waals surface area contributed by atoms with Crippen molar-refractivity contribution in [3.8, 4) is 0 Å². The molecule has 2 N–H and O–H groups in total. The molecule has 0 radical (unpaired) electrons. The van der Waals surface area contributed by atoms with Crippen molar-refractivity contribution < 1.29 is 20.5 Å². The minimum atomic E-state index is -3.77. The van der Waals surface area contributed by atoms with Gasteiger partial charge in [-0.2, -0.15) is 0 Å². The molecule has 1 unspecified atom stereocenters. The van der Waals surface area contributed by atoms with E-state index >= 15 is 0 Å². The number of nitrogens with zero attached hydrogens (tertiary/aromatic N) is 4. The summed E-state index contributed by atoms with van der Waals surface area (Å²) in [6, 6.07) is 11.8. The molecule has 3 aromatic rings. The van der Waals surface area contributed by atoms with Crippen LogP contribution in [0.1, 0.15) is 9.78 Å². The van der Waals surface area contributed by atoms with Crippen LogP contribution < -0.4 is 14.9 Å². The summed E-state index contributed by atoms with van der Waals surface area (Å²) in [5.41, 5.74) is 1.44. The third kappa shape index (κ3) is 5.98. The molecule has 1 aromatic heterocycles. The Hall–Kier alpha value is -3.44. The van der Waals surface area contributed by atoms with Gasteiger partial charge >= 0.3 is 0 Å². The van der Waals surface area contributed by atoms with E-state index in [1.165, 1.54) is 48.9 Å². The Morgan fingerprint density at radius 1 is 1.11 bits per heavy atom. The van der Waals surface area contributed by atoms with Crippen molar-refractivity contribution in [1.29, 1.82) is 0 Å². The first-order chi connectivity index (χ1) is 16.7. The molecule has 1 amide bonds. The number of halogens is 2. The summed E-state index contributed by atoms with van der Waals surface area (Å²) in [6.45, 7) is 3.99. The lowest BCUT2D eigenvalue weighted by Gasteiger charge is -2.37. The van der Waals surface area contributed by atoms with Crippen molar-refractivity contribution in [2.24, 2.45) is 0 Å². The fraction of sp³-hybridized carbons (Fsp3) is 0.261. The van der Waals surface area contributed by atoms with Crippen molar-refractivity contribution in [3.05, 3.63) is 71.9 Å². The molecule has 1 atom stereocenters. The van der Waals surface area contributed by atoms with Crippen molar-refractivity contribution in [1.82, 2.24) is 14.9 Å². The van der Waals surface area contributed by atoms with Gasteiger partial charge < -0.3 is 15.1 Å². The maximum absolute atomic E-state index is 13.4. The van der Waals surface area contributed by atoms with E-state index in [4.69, 9.17) is 11.6 Å². The largest absolute Gasteiger partial charge is 0.374 e. The number of nitrogens with one attached hydrogen (secondary N) is 2. The summed E-state index contributed by atoms with van der Waals surface area (Å²) >= 11 is 5.81. The number of carbonyl (C=O) groups excluding carboxylic acids is 1. The minimum absolute atomic E-state index is 0. The first-order valence-electron chi connectivity index (χ1n) is 10.9. The van der Waals surface area contributed by atoms with Crippen LogP contribution in [0.5, 0.6) is 0 Å². The molecule has 0 spiro atoms. The first kappa shape index (κ1) is 24.7. The Kier molecular flexibility index (Phi) is 7.37. The van der Waals surface area contributed by atoms with E-state index < -0.39 is 21.9 Å². The highest BCUT2D eigenvalue weighted by molar-refractivity contribution is 7.92. The van der Waals surface area contributed by atoms with Crippen LogP contribution in [0.2, 0.25) is 5.02 Å². The maximum Gasteiger partial charge on any atom is 0.263 e. The second kappa shape index (κ2) is 10.4. The van der Waals surface area contributed by atoms with Gasteiger partial charge in [0.15, 0.2) is 0 Å². The average Bonchev–Trinajstić information content (AvgIpc) is 2.86. The van der Waals surface area contributed by atoms with Crippen LogP contribution >= 0.6 is 11.6 Å². The molecule has 188 valence electrons. The van der Waals surface area contributed by atoms with Gasteiger partial charge in [0.05, 0.1) is 9.92 Å². The van der Waals surface area contributed by atoms with E-state index in [9.17, 15) is 17.6 Å². The number of sulfonamides is 1. The van der Waals surface area contributed by atoms with Gasteiger partial charge in [0, 0.05) is 46.6 Å². The van der Waals surface area contributed by atoms with Crippen molar-refractivity contribution in [2.45, 2.75) is 17.9 Å². The molecule has 0 bridgehead atoms. The molecule has 1 saturated heterocycles. The van der Waals surface area contributed by atoms with Gasteiger partial charge in [-0.3, -0.25) is 9.52 Å². The Balaban J connectivity index is 0.00000241. The van der Waals surface area contributed by atoms with E-state index in [0.29, 0.717) is 31.9 Å². The van der Waals surface area contributed by atoms with Crippen molar-refractivity contribution in [2.75, 3.05) is 41.1 Å². The van der Waals surface area contributed by atoms with E-state index in [0.717, 1.165) is 5.69 Å². The molecule has 2 aromatic carbocycles. The van der Waals surface area contributed by atoms with Crippen molar-refractivity contribution in [3.63, 3.8) is 0 Å². The number of amides is 1. The van der Waals surface area contributed by atoms with Gasteiger partial charge in [0.1, 0.15) is 24.0 Å². The predicted octanol–water partition coefficient (Wildman–Crippen LogP) is 3.71. The minimum Gasteiger partial charge on any atom is -0.374 e. The van der Waals surface area contributed by atoms with Gasteiger partial charge in [0.2, 0.25) is 5.91 Å². The van der Waals surface area contributed by atoms with Gasteiger partial charge in [-0.15, -0.1) is 0 Å². The van der Waals surface area contributed by atoms with Gasteiger partial charge in [0.25, 0.3) is 10.0 Å². The maximum atomic E-state index is 13.4. The number of hydrogen-bond donors (Lipinski definition) is 2. The highest BCUT2D eigenvalue weighted by Crippen LogP contribution is 2.22. The van der Waals surface area contributed by atoms with Crippen LogP contribution in [-0.4, -0.2) is 61.4 Å². The molecule has 1 aliphatic rings. The summed E-state index contributed by atoms with van der Waals surface area (Å²) in [5, 5.41) is 3.05. The molecule has 12 heteroatoms. The third-order valence-corrected chi connectivity index (χ3v) is 7.26. The van der Waals surface area contributed by atoms with Crippen LogP contribution in [0.3, 0.4) is 0 Å². The van der Waals surface area contributed by atoms with Gasteiger partial charge in [-0.25, -0.2) is 22.8 Å². The van der Waals surface area contributed by atoms with Gasteiger partial charge in [-0.05, 0) is 55.5 Å². The summed E-state index contributed by atoms with van der Waals surface area (Å²) in [6.07, 6.45) is 2.72. The number of anilines is 3. The Morgan fingerprint density at radius 3 is 2.46 bits per heavy atom. The predicted molar refractivity (Wildman–Crippen MR) is 137 cm³/mol. The topological polar surface area (TPSA) is 108 Å². The van der Waals surface area contributed by atoms with E-state index in [1.807, 2.05) is 0 Å². The normalized spacial score (nSPS) is 14.9. The standard InChI is InChI=1S/C23H24ClFN6O3S.2H2/c1-16(28-17-2-7-21(25)20(24)14-17)23(32)31-12-10-30(11-13-31)18-3-5-19(6-4-18)35(33,34)29-22-8-9-26-15-27-22;;/h2-9,14-16,28H,10-13H2,1H3,(H,26,27,29);2*1H. The number of carbonyl (C=O) groups is 1. The third-order valence-electron chi connectivity index (χ3n) is 5.60. The fourth-order valence-corrected chi connectivity index (χ4v) is 4.93. The Bertz CT molecular complexity index is 1300. The van der Waals surface area contributed by atoms with Crippen LogP contribution in [0.15, 0.2) is 66.0 Å². The van der Waals surface area contributed by atoms with Gasteiger partial charge in [-0.1, -0.05) is 11.6 Å². The van der Waals surface area contributed by atoms with Crippen LogP contribution in [0.25, 0.3) is 0 Å². The monoisotopic (exact) mass is 522 g/mol. The zero-order valence-electron chi connectivity index (χ0n) is 18.9. The van der Waals surface area contributed by atoms with Crippen LogP contribution in [0, 0.1) is 5.82 Å². The highest BCUT2D eigenvalue weighted by atomic mass is 35.5. The molecule has 4 rings (SSSR count). The number of piperazine rings is 1. The molecule has 0 saturated carbocycles. The van der Waals surface area contributed by atoms with E-state index in [2.05, 4.69) is 24.9 Å². The first-order valence-corrected chi connectivity index (χ1v) is 12.7. The van der Waals surface area contributed by atoms with Crippen LogP contribution in [-0.2, 0) is 14.8 Å². The summed E-state index contributed by atoms with van der Waals surface area (Å²) in [7, 11) is -3.77. The second-order valence-corrected chi connectivity index (χ2v) is 10.1. The number of hydrogen-bond acceptors (Lipinski definition) is 7. The van der Waals surface area contributed by atoms with E-state index in [-0.39, 0.29) is 24.5 Å². The SMILES string of the molecule is CC(Nc1ccc(F)c(Cl)c1)C(=O)N1CCN(c2ccc(S(=O)(=O)Nc3ccncn3)cc2)CC1.[HH].[HH]. The molecule has 1 aliphatic heterocycles. The van der Waals surface area contributed by atoms with Crippen molar-refractivity contribution >= 4 is 44.7 Å². The Labute approximate surface area is 211 Å². The molecule has 2 heterocycles. The average molecular weight is 523 g/mol. The molecule has 35 heavy (non-hydrogen) atoms. The lowest BCUT2D eigenvalue weighted by molar-refractivity contribution is -0.131. The molecule has 1 fully saturated rings. The summed E-state index contributed by atoms with van der Waals surface area (Å²) < 4.78 is 40.9. The number of rotatable bonds is 7. The molecule has 0 aliphatic carbocycles. The number of benzene rings is 2. The quantitative estimate of drug-likeness (QED) is 0.487. The molecular formula is C23H28ClFN6O3S. The molecular weight excluding hydrogens is 495 g/mol.